The number of imidazole rings is 1. The zero-order valence-electron chi connectivity index (χ0n) is 23.3. The molecule has 212 valence electrons. The zero-order valence-corrected chi connectivity index (χ0v) is 23.3. The van der Waals surface area contributed by atoms with Crippen molar-refractivity contribution in [3.63, 3.8) is 0 Å². The van der Waals surface area contributed by atoms with Crippen LogP contribution in [-0.4, -0.2) is 69.8 Å². The van der Waals surface area contributed by atoms with Crippen molar-refractivity contribution in [3.8, 4) is 22.9 Å². The van der Waals surface area contributed by atoms with Crippen LogP contribution in [0.5, 0.6) is 17.2 Å². The standard InChI is InChI=1S/C29H37N7O4/c1-38-24-14-22(15-25(39-2)27(24)40-3)34-16-26(30-18-34)31-28-23-12-11-20(7-4-6-19-9-10-19)36(23)33-29(32-28)35-13-5-8-21(35)17-37/h11-12,14-16,18-19,21,37H,4-10,13,17H2,1-3H3,(H,31,32,33)/t21-/m0/s1. The third-order valence-corrected chi connectivity index (χ3v) is 7.94. The van der Waals surface area contributed by atoms with Gasteiger partial charge < -0.3 is 34.1 Å². The molecular weight excluding hydrogens is 510 g/mol. The highest BCUT2D eigenvalue weighted by Gasteiger charge is 2.28. The minimum Gasteiger partial charge on any atom is -0.493 e. The Kier molecular flexibility index (Phi) is 7.38. The molecule has 6 rings (SSSR count). The molecule has 1 aliphatic carbocycles. The summed E-state index contributed by atoms with van der Waals surface area (Å²) < 4.78 is 20.4. The highest BCUT2D eigenvalue weighted by atomic mass is 16.5. The molecular formula is C29H37N7O4. The molecule has 2 N–H and O–H groups in total. The fraction of sp³-hybridized carbons (Fsp3) is 0.483. The summed E-state index contributed by atoms with van der Waals surface area (Å²) in [6.45, 7) is 0.910. The van der Waals surface area contributed by atoms with Gasteiger partial charge in [0.15, 0.2) is 17.3 Å². The van der Waals surface area contributed by atoms with E-state index in [0.29, 0.717) is 34.8 Å². The Hall–Kier alpha value is -3.99. The maximum atomic E-state index is 9.96. The molecule has 1 saturated heterocycles. The van der Waals surface area contributed by atoms with Crippen molar-refractivity contribution in [2.24, 2.45) is 5.92 Å². The van der Waals surface area contributed by atoms with E-state index in [2.05, 4.69) is 27.3 Å². The first-order chi connectivity index (χ1) is 19.6. The highest BCUT2D eigenvalue weighted by molar-refractivity contribution is 5.74. The van der Waals surface area contributed by atoms with Crippen LogP contribution in [0.2, 0.25) is 0 Å². The second kappa shape index (κ2) is 11.2. The van der Waals surface area contributed by atoms with Gasteiger partial charge >= 0.3 is 0 Å². The Morgan fingerprint density at radius 3 is 2.55 bits per heavy atom. The highest BCUT2D eigenvalue weighted by Crippen LogP contribution is 2.39. The lowest BCUT2D eigenvalue weighted by molar-refractivity contribution is 0.265. The zero-order chi connectivity index (χ0) is 27.6. The van der Waals surface area contributed by atoms with Gasteiger partial charge in [0, 0.05) is 24.4 Å². The average Bonchev–Trinajstić information content (AvgIpc) is 3.33. The summed E-state index contributed by atoms with van der Waals surface area (Å²) in [7, 11) is 4.78. The van der Waals surface area contributed by atoms with Gasteiger partial charge in [0.2, 0.25) is 11.7 Å². The molecule has 11 heteroatoms. The number of aliphatic hydroxyl groups excluding tert-OH is 1. The van der Waals surface area contributed by atoms with Gasteiger partial charge in [-0.3, -0.25) is 0 Å². The summed E-state index contributed by atoms with van der Waals surface area (Å²) in [5.74, 6) is 4.50. The van der Waals surface area contributed by atoms with Crippen molar-refractivity contribution in [2.75, 3.05) is 44.7 Å². The number of rotatable bonds is 12. The summed E-state index contributed by atoms with van der Waals surface area (Å²) in [5.41, 5.74) is 2.88. The van der Waals surface area contributed by atoms with E-state index in [9.17, 15) is 5.11 Å². The summed E-state index contributed by atoms with van der Waals surface area (Å²) in [6, 6.07) is 7.99. The average molecular weight is 548 g/mol. The van der Waals surface area contributed by atoms with Crippen molar-refractivity contribution in [3.05, 3.63) is 42.5 Å². The lowest BCUT2D eigenvalue weighted by atomic mass is 10.1. The Morgan fingerprint density at radius 2 is 1.85 bits per heavy atom. The first-order valence-electron chi connectivity index (χ1n) is 14.0. The fourth-order valence-electron chi connectivity index (χ4n) is 5.57. The van der Waals surface area contributed by atoms with E-state index in [4.69, 9.17) is 24.3 Å². The molecule has 1 atom stereocenters. The van der Waals surface area contributed by atoms with Crippen LogP contribution in [0.25, 0.3) is 11.2 Å². The first-order valence-corrected chi connectivity index (χ1v) is 14.0. The molecule has 40 heavy (non-hydrogen) atoms. The number of nitrogens with one attached hydrogen (secondary N) is 1. The number of ether oxygens (including phenoxy) is 3. The topological polar surface area (TPSA) is 111 Å². The number of aromatic nitrogens is 5. The van der Waals surface area contributed by atoms with Crippen LogP contribution in [0, 0.1) is 5.92 Å². The van der Waals surface area contributed by atoms with Crippen LogP contribution in [-0.2, 0) is 6.42 Å². The molecule has 3 aromatic heterocycles. The van der Waals surface area contributed by atoms with Crippen molar-refractivity contribution >= 4 is 23.1 Å². The molecule has 4 heterocycles. The van der Waals surface area contributed by atoms with Gasteiger partial charge in [0.25, 0.3) is 0 Å². The predicted octanol–water partition coefficient (Wildman–Crippen LogP) is 4.38. The van der Waals surface area contributed by atoms with E-state index in [1.54, 1.807) is 27.7 Å². The number of anilines is 3. The van der Waals surface area contributed by atoms with Gasteiger partial charge in [-0.25, -0.2) is 9.50 Å². The molecule has 11 nitrogen and oxygen atoms in total. The number of aryl methyl sites for hydroxylation is 1. The maximum absolute atomic E-state index is 9.96. The monoisotopic (exact) mass is 547 g/mol. The van der Waals surface area contributed by atoms with Crippen LogP contribution >= 0.6 is 0 Å². The first kappa shape index (κ1) is 26.2. The molecule has 4 aromatic rings. The normalized spacial score (nSPS) is 17.0. The molecule has 1 saturated carbocycles. The lowest BCUT2D eigenvalue weighted by Gasteiger charge is -2.23. The van der Waals surface area contributed by atoms with Crippen LogP contribution < -0.4 is 24.4 Å². The Labute approximate surface area is 233 Å². The Bertz CT molecular complexity index is 1450. The molecule has 0 radical (unpaired) electrons. The van der Waals surface area contributed by atoms with E-state index in [1.807, 2.05) is 27.4 Å². The molecule has 2 fully saturated rings. The molecule has 0 amide bonds. The molecule has 0 unspecified atom stereocenters. The minimum atomic E-state index is 0.0263. The van der Waals surface area contributed by atoms with Crippen molar-refractivity contribution < 1.29 is 19.3 Å². The smallest absolute Gasteiger partial charge is 0.245 e. The van der Waals surface area contributed by atoms with Crippen molar-refractivity contribution in [1.82, 2.24) is 24.1 Å². The number of nitrogens with zero attached hydrogens (tertiary/aromatic N) is 6. The molecule has 0 bridgehead atoms. The molecule has 2 aliphatic rings. The summed E-state index contributed by atoms with van der Waals surface area (Å²) >= 11 is 0. The quantitative estimate of drug-likeness (QED) is 0.267. The fourth-order valence-corrected chi connectivity index (χ4v) is 5.57. The van der Waals surface area contributed by atoms with Gasteiger partial charge in [0.1, 0.15) is 17.7 Å². The van der Waals surface area contributed by atoms with Crippen LogP contribution in [0.15, 0.2) is 36.8 Å². The largest absolute Gasteiger partial charge is 0.493 e. The number of hydrogen-bond acceptors (Lipinski definition) is 9. The second-order valence-corrected chi connectivity index (χ2v) is 10.6. The van der Waals surface area contributed by atoms with E-state index < -0.39 is 0 Å². The second-order valence-electron chi connectivity index (χ2n) is 10.6. The lowest BCUT2D eigenvalue weighted by Crippen LogP contribution is -2.34. The number of benzene rings is 1. The van der Waals surface area contributed by atoms with E-state index >= 15 is 0 Å². The molecule has 1 aliphatic heterocycles. The SMILES string of the molecule is COc1cc(-n2cnc(Nc3nc(N4CCC[C@H]4CO)nn4c(CCCC5CC5)ccc34)c2)cc(OC)c1OC. The van der Waals surface area contributed by atoms with Crippen LogP contribution in [0.4, 0.5) is 17.6 Å². The number of aliphatic hydroxyl groups is 1. The van der Waals surface area contributed by atoms with Gasteiger partial charge in [-0.1, -0.05) is 19.3 Å². The van der Waals surface area contributed by atoms with E-state index in [0.717, 1.165) is 49.4 Å². The summed E-state index contributed by atoms with van der Waals surface area (Å²) in [6.07, 6.45) is 11.7. The van der Waals surface area contributed by atoms with Gasteiger partial charge in [-0.2, -0.15) is 4.98 Å². The number of fused-ring (bicyclic) bond motifs is 1. The third kappa shape index (κ3) is 5.13. The van der Waals surface area contributed by atoms with Gasteiger partial charge in [-0.15, -0.1) is 5.10 Å². The summed E-state index contributed by atoms with van der Waals surface area (Å²) in [5, 5.41) is 18.3. The van der Waals surface area contributed by atoms with Crippen molar-refractivity contribution in [2.45, 2.75) is 51.0 Å². The number of hydrogen-bond donors (Lipinski definition) is 2. The third-order valence-electron chi connectivity index (χ3n) is 7.94. The van der Waals surface area contributed by atoms with E-state index in [1.165, 1.54) is 25.0 Å². The Balaban J connectivity index is 1.33. The minimum absolute atomic E-state index is 0.0263. The molecule has 1 aromatic carbocycles. The van der Waals surface area contributed by atoms with Gasteiger partial charge in [-0.05, 0) is 43.7 Å². The van der Waals surface area contributed by atoms with Crippen LogP contribution in [0.1, 0.15) is 44.2 Å². The Morgan fingerprint density at radius 1 is 1.05 bits per heavy atom. The van der Waals surface area contributed by atoms with Crippen LogP contribution in [0.3, 0.4) is 0 Å². The van der Waals surface area contributed by atoms with Crippen molar-refractivity contribution in [1.29, 1.82) is 0 Å². The number of methoxy groups -OCH3 is 3. The predicted molar refractivity (Wildman–Crippen MR) is 153 cm³/mol. The van der Waals surface area contributed by atoms with E-state index in [-0.39, 0.29) is 12.6 Å². The molecule has 0 spiro atoms. The maximum Gasteiger partial charge on any atom is 0.245 e. The summed E-state index contributed by atoms with van der Waals surface area (Å²) in [4.78, 5) is 11.7. The van der Waals surface area contributed by atoms with Gasteiger partial charge in [0.05, 0.1) is 45.9 Å².